The SMILES string of the molecule is CCOc1ccc(CNC(=O)Nc2ccc(F)c(NC(=O)c3ccoc3C)c2)cc1F. The maximum Gasteiger partial charge on any atom is 0.319 e. The van der Waals surface area contributed by atoms with Crippen LogP contribution in [-0.4, -0.2) is 18.5 Å². The number of ether oxygens (including phenoxy) is 1. The molecule has 0 saturated heterocycles. The van der Waals surface area contributed by atoms with Gasteiger partial charge in [-0.3, -0.25) is 4.79 Å². The lowest BCUT2D eigenvalue weighted by Gasteiger charge is -2.11. The van der Waals surface area contributed by atoms with Crippen molar-refractivity contribution in [2.75, 3.05) is 17.2 Å². The predicted octanol–water partition coefficient (Wildman–Crippen LogP) is 4.84. The van der Waals surface area contributed by atoms with E-state index >= 15 is 0 Å². The molecular formula is C22H21F2N3O4. The summed E-state index contributed by atoms with van der Waals surface area (Å²) in [7, 11) is 0. The van der Waals surface area contributed by atoms with Gasteiger partial charge in [-0.2, -0.15) is 0 Å². The average molecular weight is 429 g/mol. The number of urea groups is 1. The summed E-state index contributed by atoms with van der Waals surface area (Å²) in [6.07, 6.45) is 1.36. The Morgan fingerprint density at radius 3 is 2.52 bits per heavy atom. The largest absolute Gasteiger partial charge is 0.491 e. The number of amides is 3. The number of anilines is 2. The topological polar surface area (TPSA) is 92.6 Å². The van der Waals surface area contributed by atoms with Crippen LogP contribution in [0.1, 0.15) is 28.6 Å². The van der Waals surface area contributed by atoms with E-state index in [1.54, 1.807) is 19.9 Å². The molecule has 7 nitrogen and oxygen atoms in total. The van der Waals surface area contributed by atoms with E-state index in [2.05, 4.69) is 16.0 Å². The van der Waals surface area contributed by atoms with Gasteiger partial charge in [-0.1, -0.05) is 6.07 Å². The fourth-order valence-electron chi connectivity index (χ4n) is 2.79. The number of furan rings is 1. The molecule has 1 heterocycles. The second-order valence-corrected chi connectivity index (χ2v) is 6.54. The summed E-state index contributed by atoms with van der Waals surface area (Å²) in [5, 5.41) is 7.57. The van der Waals surface area contributed by atoms with Crippen molar-refractivity contribution < 1.29 is 27.5 Å². The first-order valence-corrected chi connectivity index (χ1v) is 9.48. The quantitative estimate of drug-likeness (QED) is 0.501. The highest BCUT2D eigenvalue weighted by atomic mass is 19.1. The average Bonchev–Trinajstić information content (AvgIpc) is 3.17. The number of rotatable bonds is 7. The minimum Gasteiger partial charge on any atom is -0.491 e. The molecule has 0 aliphatic rings. The van der Waals surface area contributed by atoms with E-state index in [0.717, 1.165) is 6.07 Å². The summed E-state index contributed by atoms with van der Waals surface area (Å²) >= 11 is 0. The third kappa shape index (κ3) is 5.59. The molecule has 0 radical (unpaired) electrons. The zero-order valence-electron chi connectivity index (χ0n) is 16.9. The van der Waals surface area contributed by atoms with Gasteiger partial charge in [-0.25, -0.2) is 13.6 Å². The molecule has 1 aromatic heterocycles. The van der Waals surface area contributed by atoms with Crippen LogP contribution in [0.15, 0.2) is 53.1 Å². The minimum absolute atomic E-state index is 0.0692. The first-order chi connectivity index (χ1) is 14.9. The Balaban J connectivity index is 1.60. The van der Waals surface area contributed by atoms with E-state index in [-0.39, 0.29) is 29.2 Å². The lowest BCUT2D eigenvalue weighted by Crippen LogP contribution is -2.28. The number of hydrogen-bond acceptors (Lipinski definition) is 4. The molecule has 9 heteroatoms. The lowest BCUT2D eigenvalue weighted by molar-refractivity contribution is 0.102. The van der Waals surface area contributed by atoms with Crippen molar-refractivity contribution >= 4 is 23.3 Å². The standard InChI is InChI=1S/C22H21F2N3O4/c1-3-30-20-7-4-14(10-18(20)24)12-25-22(29)26-15-5-6-17(23)19(11-15)27-21(28)16-8-9-31-13(16)2/h4-11H,3,12H2,1-2H3,(H,27,28)(H2,25,26,29). The first kappa shape index (κ1) is 21.8. The monoisotopic (exact) mass is 429 g/mol. The van der Waals surface area contributed by atoms with Gasteiger partial charge in [0.25, 0.3) is 5.91 Å². The molecule has 0 aliphatic heterocycles. The molecule has 0 aliphatic carbocycles. The second kappa shape index (κ2) is 9.75. The first-order valence-electron chi connectivity index (χ1n) is 9.48. The van der Waals surface area contributed by atoms with E-state index in [1.165, 1.54) is 36.6 Å². The number of carbonyl (C=O) groups is 2. The molecule has 0 spiro atoms. The molecule has 0 atom stereocenters. The van der Waals surface area contributed by atoms with Crippen molar-refractivity contribution in [3.63, 3.8) is 0 Å². The third-order valence-corrected chi connectivity index (χ3v) is 4.33. The second-order valence-electron chi connectivity index (χ2n) is 6.54. The zero-order chi connectivity index (χ0) is 22.4. The summed E-state index contributed by atoms with van der Waals surface area (Å²) in [6.45, 7) is 3.78. The molecule has 0 bridgehead atoms. The highest BCUT2D eigenvalue weighted by molar-refractivity contribution is 6.05. The molecule has 3 aromatic rings. The van der Waals surface area contributed by atoms with E-state index < -0.39 is 23.6 Å². The van der Waals surface area contributed by atoms with Crippen LogP contribution in [0.3, 0.4) is 0 Å². The van der Waals surface area contributed by atoms with Crippen LogP contribution in [0.5, 0.6) is 5.75 Å². The van der Waals surface area contributed by atoms with E-state index in [0.29, 0.717) is 17.9 Å². The number of aryl methyl sites for hydroxylation is 1. The van der Waals surface area contributed by atoms with Gasteiger partial charge in [-0.15, -0.1) is 0 Å². The molecule has 0 saturated carbocycles. The van der Waals surface area contributed by atoms with Crippen molar-refractivity contribution in [1.29, 1.82) is 0 Å². The van der Waals surface area contributed by atoms with Gasteiger partial charge in [-0.05, 0) is 55.8 Å². The number of halogens is 2. The number of hydrogen-bond donors (Lipinski definition) is 3. The Kier molecular flexibility index (Phi) is 6.86. The summed E-state index contributed by atoms with van der Waals surface area (Å²) in [5.74, 6) is -1.18. The minimum atomic E-state index is -0.662. The van der Waals surface area contributed by atoms with Crippen LogP contribution in [-0.2, 0) is 6.54 Å². The van der Waals surface area contributed by atoms with Gasteiger partial charge in [0.15, 0.2) is 11.6 Å². The normalized spacial score (nSPS) is 10.5. The van der Waals surface area contributed by atoms with Crippen LogP contribution < -0.4 is 20.7 Å². The lowest BCUT2D eigenvalue weighted by atomic mass is 10.2. The number of nitrogens with one attached hydrogen (secondary N) is 3. The maximum atomic E-state index is 14.1. The van der Waals surface area contributed by atoms with Crippen LogP contribution in [0.2, 0.25) is 0 Å². The molecule has 162 valence electrons. The number of carbonyl (C=O) groups excluding carboxylic acids is 2. The maximum absolute atomic E-state index is 14.1. The Labute approximate surface area is 177 Å². The fraction of sp³-hybridized carbons (Fsp3) is 0.182. The summed E-state index contributed by atoms with van der Waals surface area (Å²) in [6, 6.07) is 9.06. The van der Waals surface area contributed by atoms with Gasteiger partial charge in [0.1, 0.15) is 11.6 Å². The van der Waals surface area contributed by atoms with Crippen LogP contribution >= 0.6 is 0 Å². The van der Waals surface area contributed by atoms with Crippen molar-refractivity contribution in [1.82, 2.24) is 5.32 Å². The Hall–Kier alpha value is -3.88. The molecule has 2 aromatic carbocycles. The smallest absolute Gasteiger partial charge is 0.319 e. The van der Waals surface area contributed by atoms with Crippen LogP contribution in [0.4, 0.5) is 25.0 Å². The van der Waals surface area contributed by atoms with Gasteiger partial charge >= 0.3 is 6.03 Å². The molecule has 31 heavy (non-hydrogen) atoms. The summed E-state index contributed by atoms with van der Waals surface area (Å²) in [5.41, 5.74) is 0.977. The summed E-state index contributed by atoms with van der Waals surface area (Å²) in [4.78, 5) is 24.4. The third-order valence-electron chi connectivity index (χ3n) is 4.33. The Morgan fingerprint density at radius 1 is 1.03 bits per heavy atom. The molecule has 0 fully saturated rings. The molecule has 3 N–H and O–H groups in total. The van der Waals surface area contributed by atoms with Crippen molar-refractivity contribution in [2.24, 2.45) is 0 Å². The highest BCUT2D eigenvalue weighted by Gasteiger charge is 2.15. The zero-order valence-corrected chi connectivity index (χ0v) is 16.9. The van der Waals surface area contributed by atoms with E-state index in [1.807, 2.05) is 0 Å². The van der Waals surface area contributed by atoms with Crippen LogP contribution in [0.25, 0.3) is 0 Å². The van der Waals surface area contributed by atoms with Crippen molar-refractivity contribution in [2.45, 2.75) is 20.4 Å². The van der Waals surface area contributed by atoms with Crippen molar-refractivity contribution in [3.8, 4) is 5.75 Å². The highest BCUT2D eigenvalue weighted by Crippen LogP contribution is 2.22. The molecular weight excluding hydrogens is 408 g/mol. The molecule has 3 rings (SSSR count). The van der Waals surface area contributed by atoms with Crippen LogP contribution in [0, 0.1) is 18.6 Å². The van der Waals surface area contributed by atoms with Crippen molar-refractivity contribution in [3.05, 3.63) is 77.2 Å². The van der Waals surface area contributed by atoms with Gasteiger partial charge < -0.3 is 25.1 Å². The van der Waals surface area contributed by atoms with E-state index in [4.69, 9.17) is 9.15 Å². The van der Waals surface area contributed by atoms with E-state index in [9.17, 15) is 18.4 Å². The van der Waals surface area contributed by atoms with Gasteiger partial charge in [0.05, 0.1) is 24.1 Å². The van der Waals surface area contributed by atoms with Gasteiger partial charge in [0, 0.05) is 12.2 Å². The Bertz CT molecular complexity index is 1100. The predicted molar refractivity (Wildman–Crippen MR) is 111 cm³/mol. The Morgan fingerprint density at radius 2 is 1.84 bits per heavy atom. The van der Waals surface area contributed by atoms with Gasteiger partial charge in [0.2, 0.25) is 0 Å². The summed E-state index contributed by atoms with van der Waals surface area (Å²) < 4.78 is 38.2. The fourth-order valence-corrected chi connectivity index (χ4v) is 2.79. The molecule has 0 unspecified atom stereocenters. The molecule has 3 amide bonds. The number of benzene rings is 2.